The number of amides is 3. The monoisotopic (exact) mass is 827 g/mol. The molecule has 13 nitrogen and oxygen atoms in total. The van der Waals surface area contributed by atoms with Crippen molar-refractivity contribution in [3.8, 4) is 11.5 Å². The minimum atomic E-state index is -0.576. The van der Waals surface area contributed by atoms with Gasteiger partial charge in [0, 0.05) is 24.2 Å². The molecule has 4 aromatic rings. The summed E-state index contributed by atoms with van der Waals surface area (Å²) in [6.07, 6.45) is 7.50. The van der Waals surface area contributed by atoms with Gasteiger partial charge in [-0.25, -0.2) is 5.48 Å². The summed E-state index contributed by atoms with van der Waals surface area (Å²) in [5.41, 5.74) is 5.05. The minimum Gasteiger partial charge on any atom is -0.497 e. The summed E-state index contributed by atoms with van der Waals surface area (Å²) in [4.78, 5) is 47.7. The molecule has 0 saturated heterocycles. The van der Waals surface area contributed by atoms with Gasteiger partial charge in [0.15, 0.2) is 0 Å². The van der Waals surface area contributed by atoms with E-state index in [-0.39, 0.29) is 23.7 Å². The van der Waals surface area contributed by atoms with Crippen LogP contribution in [0.3, 0.4) is 0 Å². The van der Waals surface area contributed by atoms with Gasteiger partial charge in [0.1, 0.15) is 23.7 Å². The van der Waals surface area contributed by atoms with Gasteiger partial charge in [0.25, 0.3) is 11.8 Å². The van der Waals surface area contributed by atoms with Crippen LogP contribution >= 0.6 is 0 Å². The Balaban J connectivity index is 0.000000320. The molecule has 0 spiro atoms. The SMILES string of the molecule is COC(=O)CCCCCCC(OCc1ccc(OC)cc1)C(=O)Nc1ccccc1.COc1ccc(COC(CCCCCCC(=O)NO)C(=O)Nc2ccccc2)cc1. The summed E-state index contributed by atoms with van der Waals surface area (Å²) in [7, 11) is 4.64. The van der Waals surface area contributed by atoms with E-state index < -0.39 is 12.2 Å². The molecule has 2 atom stereocenters. The second kappa shape index (κ2) is 29.4. The Kier molecular flexibility index (Phi) is 23.9. The van der Waals surface area contributed by atoms with Crippen LogP contribution in [0.1, 0.15) is 88.2 Å². The van der Waals surface area contributed by atoms with E-state index in [1.54, 1.807) is 19.7 Å². The summed E-state index contributed by atoms with van der Waals surface area (Å²) >= 11 is 0. The fourth-order valence-corrected chi connectivity index (χ4v) is 5.99. The second-order valence-corrected chi connectivity index (χ2v) is 14.0. The number of anilines is 2. The number of hydrogen-bond donors (Lipinski definition) is 4. The van der Waals surface area contributed by atoms with Crippen LogP contribution in [0, 0.1) is 0 Å². The molecule has 0 saturated carbocycles. The lowest BCUT2D eigenvalue weighted by atomic mass is 10.1. The molecule has 60 heavy (non-hydrogen) atoms. The van der Waals surface area contributed by atoms with Crippen LogP contribution in [0.2, 0.25) is 0 Å². The molecule has 3 amide bonds. The van der Waals surface area contributed by atoms with Crippen molar-refractivity contribution in [2.75, 3.05) is 32.0 Å². The predicted octanol–water partition coefficient (Wildman–Crippen LogP) is 8.80. The zero-order valence-corrected chi connectivity index (χ0v) is 35.1. The number of hydroxylamine groups is 1. The van der Waals surface area contributed by atoms with E-state index >= 15 is 0 Å². The van der Waals surface area contributed by atoms with Crippen LogP contribution < -0.4 is 25.6 Å². The summed E-state index contributed by atoms with van der Waals surface area (Å²) < 4.78 is 26.9. The molecule has 0 aliphatic heterocycles. The van der Waals surface area contributed by atoms with Gasteiger partial charge in [0.2, 0.25) is 5.91 Å². The van der Waals surface area contributed by atoms with Gasteiger partial charge in [-0.2, -0.15) is 0 Å². The molecule has 13 heteroatoms. The van der Waals surface area contributed by atoms with Crippen LogP contribution in [0.25, 0.3) is 0 Å². The third kappa shape index (κ3) is 20.3. The second-order valence-electron chi connectivity index (χ2n) is 14.0. The topological polar surface area (TPSA) is 171 Å². The highest BCUT2D eigenvalue weighted by molar-refractivity contribution is 5.94. The van der Waals surface area contributed by atoms with Crippen molar-refractivity contribution in [3.05, 3.63) is 120 Å². The quantitative estimate of drug-likeness (QED) is 0.0208. The van der Waals surface area contributed by atoms with Crippen LogP contribution in [0.15, 0.2) is 109 Å². The van der Waals surface area contributed by atoms with E-state index in [0.29, 0.717) is 45.3 Å². The molecule has 4 rings (SSSR count). The zero-order valence-electron chi connectivity index (χ0n) is 35.1. The summed E-state index contributed by atoms with van der Waals surface area (Å²) in [6, 6.07) is 33.8. The van der Waals surface area contributed by atoms with E-state index in [4.69, 9.17) is 24.2 Å². The molecular weight excluding hydrogens is 767 g/mol. The number of para-hydroxylation sites is 2. The van der Waals surface area contributed by atoms with Crippen molar-refractivity contribution >= 4 is 35.1 Å². The van der Waals surface area contributed by atoms with Crippen LogP contribution in [-0.4, -0.2) is 62.4 Å². The lowest BCUT2D eigenvalue weighted by Gasteiger charge is -2.18. The Bertz CT molecular complexity index is 1660. The van der Waals surface area contributed by atoms with Gasteiger partial charge >= 0.3 is 5.97 Å². The van der Waals surface area contributed by atoms with Gasteiger partial charge in [-0.05, 0) is 85.3 Å². The van der Waals surface area contributed by atoms with Gasteiger partial charge in [-0.3, -0.25) is 24.4 Å². The molecule has 0 aliphatic rings. The first-order chi connectivity index (χ1) is 29.2. The minimum absolute atomic E-state index is 0.149. The maximum atomic E-state index is 12.8. The molecule has 4 N–H and O–H groups in total. The largest absolute Gasteiger partial charge is 0.497 e. The highest BCUT2D eigenvalue weighted by atomic mass is 16.5. The van der Waals surface area contributed by atoms with Gasteiger partial charge in [-0.1, -0.05) is 99.2 Å². The molecule has 0 bridgehead atoms. The normalized spacial score (nSPS) is 11.5. The summed E-state index contributed by atoms with van der Waals surface area (Å²) in [5, 5.41) is 14.3. The number of esters is 1. The van der Waals surface area contributed by atoms with Gasteiger partial charge in [0.05, 0.1) is 34.5 Å². The fourth-order valence-electron chi connectivity index (χ4n) is 5.99. The first kappa shape index (κ1) is 48.6. The van der Waals surface area contributed by atoms with E-state index in [1.807, 2.05) is 109 Å². The van der Waals surface area contributed by atoms with Crippen LogP contribution in [0.5, 0.6) is 11.5 Å². The third-order valence-corrected chi connectivity index (χ3v) is 9.46. The smallest absolute Gasteiger partial charge is 0.305 e. The predicted molar refractivity (Wildman–Crippen MR) is 231 cm³/mol. The number of unbranched alkanes of at least 4 members (excludes halogenated alkanes) is 6. The Labute approximate surface area is 354 Å². The Morgan fingerprint density at radius 3 is 1.30 bits per heavy atom. The average molecular weight is 828 g/mol. The molecule has 4 aromatic carbocycles. The first-order valence-corrected chi connectivity index (χ1v) is 20.4. The van der Waals surface area contributed by atoms with Crippen molar-refractivity contribution in [3.63, 3.8) is 0 Å². The number of ether oxygens (including phenoxy) is 5. The van der Waals surface area contributed by atoms with Crippen molar-refractivity contribution < 1.29 is 48.1 Å². The summed E-state index contributed by atoms with van der Waals surface area (Å²) in [5.74, 6) is 0.672. The maximum absolute atomic E-state index is 12.8. The number of benzene rings is 4. The zero-order chi connectivity index (χ0) is 43.2. The van der Waals surface area contributed by atoms with E-state index in [1.165, 1.54) is 7.11 Å². The third-order valence-electron chi connectivity index (χ3n) is 9.46. The summed E-state index contributed by atoms with van der Waals surface area (Å²) in [6.45, 7) is 0.673. The number of rotatable bonds is 26. The molecule has 2 unspecified atom stereocenters. The van der Waals surface area contributed by atoms with E-state index in [2.05, 4.69) is 15.4 Å². The molecule has 0 fully saturated rings. The van der Waals surface area contributed by atoms with Crippen LogP contribution in [-0.2, 0) is 46.6 Å². The van der Waals surface area contributed by atoms with E-state index in [9.17, 15) is 19.2 Å². The number of methoxy groups -OCH3 is 3. The molecule has 0 radical (unpaired) electrons. The molecule has 324 valence electrons. The number of hydrogen-bond acceptors (Lipinski definition) is 10. The first-order valence-electron chi connectivity index (χ1n) is 20.4. The van der Waals surface area contributed by atoms with E-state index in [0.717, 1.165) is 78.9 Å². The molecule has 0 aliphatic carbocycles. The highest BCUT2D eigenvalue weighted by Gasteiger charge is 2.21. The van der Waals surface area contributed by atoms with Crippen molar-refractivity contribution in [2.24, 2.45) is 0 Å². The highest BCUT2D eigenvalue weighted by Crippen LogP contribution is 2.19. The Hall–Kier alpha value is -5.76. The van der Waals surface area contributed by atoms with Crippen LogP contribution in [0.4, 0.5) is 11.4 Å². The van der Waals surface area contributed by atoms with Crippen molar-refractivity contribution in [2.45, 2.75) is 102 Å². The fraction of sp³-hybridized carbons (Fsp3) is 0.404. The molecule has 0 heterocycles. The lowest BCUT2D eigenvalue weighted by Crippen LogP contribution is -2.30. The number of carbonyl (C=O) groups excluding carboxylic acids is 4. The van der Waals surface area contributed by atoms with Crippen molar-refractivity contribution in [1.82, 2.24) is 5.48 Å². The molecular formula is C47H61N3O10. The van der Waals surface area contributed by atoms with Gasteiger partial charge in [-0.15, -0.1) is 0 Å². The Morgan fingerprint density at radius 1 is 0.517 bits per heavy atom. The number of carbonyl (C=O) groups is 4. The lowest BCUT2D eigenvalue weighted by molar-refractivity contribution is -0.140. The number of nitrogens with one attached hydrogen (secondary N) is 3. The average Bonchev–Trinajstić information content (AvgIpc) is 3.28. The van der Waals surface area contributed by atoms with Crippen molar-refractivity contribution in [1.29, 1.82) is 0 Å². The van der Waals surface area contributed by atoms with Gasteiger partial charge < -0.3 is 34.3 Å². The standard InChI is InChI=1S/C24H31NO5.C23H30N2O5/c1-28-21-16-14-19(15-17-21)18-30-22(12-8-3-4-9-13-23(26)29-2)24(27)25-20-10-6-5-7-11-20;1-29-20-15-13-18(14-16-20)17-30-21(11-7-2-3-8-12-22(26)25-28)23(27)24-19-9-5-4-6-10-19/h5-7,10-11,14-17,22H,3-4,8-9,12-13,18H2,1-2H3,(H,25,27);4-6,9-10,13-16,21,28H,2-3,7-8,11-12,17H2,1H3,(H,24,27)(H,25,26). The molecule has 0 aromatic heterocycles. The maximum Gasteiger partial charge on any atom is 0.305 e. The Morgan fingerprint density at radius 2 is 0.917 bits per heavy atom.